The van der Waals surface area contributed by atoms with Gasteiger partial charge in [-0.1, -0.05) is 48.6 Å². The second-order valence-electron chi connectivity index (χ2n) is 6.51. The van der Waals surface area contributed by atoms with E-state index >= 15 is 0 Å². The van der Waals surface area contributed by atoms with Crippen LogP contribution in [0.2, 0.25) is 0 Å². The molecule has 0 aromatic heterocycles. The summed E-state index contributed by atoms with van der Waals surface area (Å²) in [6, 6.07) is 13.7. The normalized spacial score (nSPS) is 32.3. The third-order valence-electron chi connectivity index (χ3n) is 5.48. The highest BCUT2D eigenvalue weighted by atomic mass is 16.2. The van der Waals surface area contributed by atoms with Crippen LogP contribution in [-0.4, -0.2) is 11.8 Å². The SMILES string of the molecule is O=C1C2[C@H]3C=C[C@@H](C3)[C@H]2C(=O)N1c1cccc2ccccc12. The lowest BCUT2D eigenvalue weighted by Gasteiger charge is -2.19. The highest BCUT2D eigenvalue weighted by Gasteiger charge is 2.59. The molecule has 1 saturated heterocycles. The third-order valence-corrected chi connectivity index (χ3v) is 5.48. The van der Waals surface area contributed by atoms with Gasteiger partial charge >= 0.3 is 0 Å². The van der Waals surface area contributed by atoms with E-state index in [9.17, 15) is 9.59 Å². The average molecular weight is 289 g/mol. The fourth-order valence-corrected chi connectivity index (χ4v) is 4.54. The minimum atomic E-state index is -0.138. The first-order chi connectivity index (χ1) is 10.8. The van der Waals surface area contributed by atoms with Crippen LogP contribution in [0.15, 0.2) is 54.6 Å². The molecular formula is C19H15NO2. The van der Waals surface area contributed by atoms with E-state index < -0.39 is 0 Å². The van der Waals surface area contributed by atoms with Crippen LogP contribution >= 0.6 is 0 Å². The predicted molar refractivity (Wildman–Crippen MR) is 84.2 cm³/mol. The summed E-state index contributed by atoms with van der Waals surface area (Å²) in [5.41, 5.74) is 0.738. The van der Waals surface area contributed by atoms with Crippen LogP contribution in [0.25, 0.3) is 10.8 Å². The lowest BCUT2D eigenvalue weighted by molar-refractivity contribution is -0.123. The molecular weight excluding hydrogens is 274 g/mol. The zero-order chi connectivity index (χ0) is 14.8. The lowest BCUT2D eigenvalue weighted by atomic mass is 9.85. The maximum Gasteiger partial charge on any atom is 0.238 e. The van der Waals surface area contributed by atoms with E-state index in [0.717, 1.165) is 22.9 Å². The number of allylic oxidation sites excluding steroid dienone is 2. The first-order valence-electron chi connectivity index (χ1n) is 7.79. The Hall–Kier alpha value is -2.42. The van der Waals surface area contributed by atoms with Crippen LogP contribution in [0.4, 0.5) is 5.69 Å². The van der Waals surface area contributed by atoms with Gasteiger partial charge in [0.2, 0.25) is 11.8 Å². The number of benzene rings is 2. The Morgan fingerprint density at radius 2 is 1.45 bits per heavy atom. The molecule has 3 aliphatic rings. The molecule has 1 aliphatic heterocycles. The number of carbonyl (C=O) groups excluding carboxylic acids is 2. The lowest BCUT2D eigenvalue weighted by Crippen LogP contribution is -2.33. The molecule has 3 heteroatoms. The number of rotatable bonds is 1. The number of nitrogens with zero attached hydrogens (tertiary/aromatic N) is 1. The van der Waals surface area contributed by atoms with Crippen LogP contribution in [0.1, 0.15) is 6.42 Å². The van der Waals surface area contributed by atoms with E-state index in [1.54, 1.807) is 0 Å². The molecule has 0 spiro atoms. The van der Waals surface area contributed by atoms with Crippen LogP contribution in [0.3, 0.4) is 0 Å². The summed E-state index contributed by atoms with van der Waals surface area (Å²) in [6.45, 7) is 0. The standard InChI is InChI=1S/C19H15NO2/c21-18-16-12-8-9-13(10-12)17(16)19(22)20(18)15-7-3-5-11-4-1-2-6-14(11)15/h1-9,12-13,16-17H,10H2/t12-,13-,16+,17?/m0/s1. The van der Waals surface area contributed by atoms with Crippen molar-refractivity contribution in [3.8, 4) is 0 Å². The summed E-state index contributed by atoms with van der Waals surface area (Å²) in [6.07, 6.45) is 5.23. The molecule has 5 rings (SSSR count). The van der Waals surface area contributed by atoms with Gasteiger partial charge in [-0.2, -0.15) is 0 Å². The molecule has 2 aliphatic carbocycles. The van der Waals surface area contributed by atoms with Crippen LogP contribution in [0, 0.1) is 23.7 Å². The first kappa shape index (κ1) is 12.2. The highest BCUT2D eigenvalue weighted by Crippen LogP contribution is 2.53. The monoisotopic (exact) mass is 289 g/mol. The summed E-state index contributed by atoms with van der Waals surface area (Å²) >= 11 is 0. The molecule has 3 nitrogen and oxygen atoms in total. The molecule has 1 unspecified atom stereocenters. The second kappa shape index (κ2) is 4.07. The second-order valence-corrected chi connectivity index (χ2v) is 6.51. The molecule has 1 saturated carbocycles. The van der Waals surface area contributed by atoms with E-state index in [0.29, 0.717) is 0 Å². The Bertz CT molecular complexity index is 818. The minimum absolute atomic E-state index is 0.0109. The number of imide groups is 1. The van der Waals surface area contributed by atoms with Gasteiger partial charge in [0.1, 0.15) is 0 Å². The fourth-order valence-electron chi connectivity index (χ4n) is 4.54. The summed E-state index contributed by atoms with van der Waals surface area (Å²) in [4.78, 5) is 27.3. The van der Waals surface area contributed by atoms with Crippen molar-refractivity contribution in [3.63, 3.8) is 0 Å². The van der Waals surface area contributed by atoms with Crippen molar-refractivity contribution in [3.05, 3.63) is 54.6 Å². The molecule has 2 aromatic rings. The third kappa shape index (κ3) is 1.36. The van der Waals surface area contributed by atoms with E-state index in [2.05, 4.69) is 12.2 Å². The number of hydrogen-bond donors (Lipinski definition) is 0. The average Bonchev–Trinajstić information content (AvgIpc) is 3.21. The van der Waals surface area contributed by atoms with Gasteiger partial charge in [-0.05, 0) is 29.7 Å². The van der Waals surface area contributed by atoms with Crippen LogP contribution in [-0.2, 0) is 9.59 Å². The van der Waals surface area contributed by atoms with E-state index in [-0.39, 0.29) is 35.5 Å². The highest BCUT2D eigenvalue weighted by molar-refractivity contribution is 6.25. The fraction of sp³-hybridized carbons (Fsp3) is 0.263. The van der Waals surface area contributed by atoms with Gasteiger partial charge in [-0.15, -0.1) is 0 Å². The first-order valence-corrected chi connectivity index (χ1v) is 7.79. The molecule has 2 amide bonds. The van der Waals surface area contributed by atoms with Crippen molar-refractivity contribution in [2.75, 3.05) is 4.90 Å². The van der Waals surface area contributed by atoms with Crippen molar-refractivity contribution in [2.45, 2.75) is 6.42 Å². The maximum atomic E-state index is 12.9. The minimum Gasteiger partial charge on any atom is -0.274 e. The van der Waals surface area contributed by atoms with Gasteiger partial charge in [-0.3, -0.25) is 9.59 Å². The van der Waals surface area contributed by atoms with Gasteiger partial charge in [0.05, 0.1) is 17.5 Å². The predicted octanol–water partition coefficient (Wildman–Crippen LogP) is 3.15. The molecule has 22 heavy (non-hydrogen) atoms. The number of fused-ring (bicyclic) bond motifs is 6. The number of hydrogen-bond acceptors (Lipinski definition) is 2. The van der Waals surface area contributed by atoms with Crippen LogP contribution < -0.4 is 4.90 Å². The Morgan fingerprint density at radius 1 is 0.818 bits per heavy atom. The summed E-state index contributed by atoms with van der Waals surface area (Å²) in [5.74, 6) is 0.215. The zero-order valence-corrected chi connectivity index (χ0v) is 12.0. The van der Waals surface area contributed by atoms with E-state index in [1.807, 2.05) is 42.5 Å². The Labute approximate surface area is 128 Å². The van der Waals surface area contributed by atoms with Gasteiger partial charge < -0.3 is 0 Å². The maximum absolute atomic E-state index is 12.9. The molecule has 2 fully saturated rings. The molecule has 4 atom stereocenters. The van der Waals surface area contributed by atoms with E-state index in [1.165, 1.54) is 4.90 Å². The topological polar surface area (TPSA) is 37.4 Å². The van der Waals surface area contributed by atoms with Gasteiger partial charge in [0.15, 0.2) is 0 Å². The van der Waals surface area contributed by atoms with Crippen molar-refractivity contribution >= 4 is 28.3 Å². The van der Waals surface area contributed by atoms with Crippen molar-refractivity contribution < 1.29 is 9.59 Å². The quantitative estimate of drug-likeness (QED) is 0.597. The molecule has 0 N–H and O–H groups in total. The molecule has 2 aromatic carbocycles. The summed E-state index contributed by atoms with van der Waals surface area (Å²) < 4.78 is 0. The molecule has 0 radical (unpaired) electrons. The van der Waals surface area contributed by atoms with E-state index in [4.69, 9.17) is 0 Å². The zero-order valence-electron chi connectivity index (χ0n) is 12.0. The molecule has 2 bridgehead atoms. The number of anilines is 1. The van der Waals surface area contributed by atoms with Gasteiger partial charge in [0, 0.05) is 5.39 Å². The molecule has 1 heterocycles. The molecule has 108 valence electrons. The smallest absolute Gasteiger partial charge is 0.238 e. The Balaban J connectivity index is 1.67. The van der Waals surface area contributed by atoms with Gasteiger partial charge in [-0.25, -0.2) is 4.90 Å². The Morgan fingerprint density at radius 3 is 2.18 bits per heavy atom. The van der Waals surface area contributed by atoms with Crippen molar-refractivity contribution in [1.82, 2.24) is 0 Å². The summed E-state index contributed by atoms with van der Waals surface area (Å²) in [5, 5.41) is 2.02. The number of carbonyl (C=O) groups is 2. The van der Waals surface area contributed by atoms with Crippen molar-refractivity contribution in [1.29, 1.82) is 0 Å². The van der Waals surface area contributed by atoms with Gasteiger partial charge in [0.25, 0.3) is 0 Å². The largest absolute Gasteiger partial charge is 0.274 e. The number of amides is 2. The Kier molecular flexibility index (Phi) is 2.25. The van der Waals surface area contributed by atoms with Crippen LogP contribution in [0.5, 0.6) is 0 Å². The van der Waals surface area contributed by atoms with Crippen molar-refractivity contribution in [2.24, 2.45) is 23.7 Å². The summed E-state index contributed by atoms with van der Waals surface area (Å²) in [7, 11) is 0.